The van der Waals surface area contributed by atoms with Crippen LogP contribution in [-0.2, 0) is 93.2 Å². The minimum atomic E-state index is -1.22. The second-order valence-electron chi connectivity index (χ2n) is 25.7. The van der Waals surface area contributed by atoms with Gasteiger partial charge in [0.25, 0.3) is 0 Å². The summed E-state index contributed by atoms with van der Waals surface area (Å²) in [4.78, 5) is 30.7. The van der Waals surface area contributed by atoms with Gasteiger partial charge in [0.05, 0.1) is 58.9 Å². The van der Waals surface area contributed by atoms with Crippen molar-refractivity contribution in [3.05, 3.63) is 447 Å². The molecule has 0 bridgehead atoms. The van der Waals surface area contributed by atoms with Gasteiger partial charge >= 0.3 is 42.1 Å². The van der Waals surface area contributed by atoms with Gasteiger partial charge in [-0.1, -0.05) is 210 Å². The van der Waals surface area contributed by atoms with Crippen molar-refractivity contribution in [3.8, 4) is 102 Å². The summed E-state index contributed by atoms with van der Waals surface area (Å²) >= 11 is 0. The van der Waals surface area contributed by atoms with E-state index in [-0.39, 0.29) is 138 Å². The van der Waals surface area contributed by atoms with Gasteiger partial charge in [-0.05, 0) is 115 Å². The van der Waals surface area contributed by atoms with E-state index >= 15 is 8.78 Å². The fourth-order valence-electron chi connectivity index (χ4n) is 14.2. The van der Waals surface area contributed by atoms with Crippen LogP contribution < -0.4 is 0 Å². The molecule has 0 saturated carbocycles. The maximum absolute atomic E-state index is 15.4. The molecule has 10 aromatic carbocycles. The minimum absolute atomic E-state index is 0. The number of hydrogen-bond donors (Lipinski definition) is 0. The predicted molar refractivity (Wildman–Crippen MR) is 408 cm³/mol. The number of hydrogen-bond acceptors (Lipinski definition) is 8. The Morgan fingerprint density at radius 3 is 1.01 bits per heavy atom. The van der Waals surface area contributed by atoms with Crippen molar-refractivity contribution >= 4 is 5.69 Å². The summed E-state index contributed by atoms with van der Waals surface area (Å²) < 4.78 is 155. The van der Waals surface area contributed by atoms with Crippen LogP contribution in [0.15, 0.2) is 279 Å². The summed E-state index contributed by atoms with van der Waals surface area (Å²) in [6.45, 7) is 7.25. The SMILES string of the molecule is Fc1c[c-]c(-c2cccc(C3(c4cccc(-c5[c-]cc(F)cc5F)n4)c4ccccc4-c4ccccc43)n2)c(F)c1.Fc1c[c-]c(-c2ccccn2)c(F)c1.N#Cc1cc(-c2ccccn2)[c-]cc1F.[C-]#[N+]c1c(F)c[c-]c(-c2cccc(C3(c4cccc(-c5[c-]cc(F)c(C#N)c5F)n4)c4ccccc4-c4ccccc43)n2)c1F.[Ir].[Ir].[Pt+2].[Pt+2]. The van der Waals surface area contributed by atoms with Crippen molar-refractivity contribution in [1.29, 1.82) is 10.5 Å². The molecule has 2 radical (unpaired) electrons. The number of benzene rings is 10. The molecule has 9 nitrogen and oxygen atoms in total. The number of nitriles is 2. The first kappa shape index (κ1) is 87.3. The Balaban J connectivity index is 0.000000171. The second-order valence-corrected chi connectivity index (χ2v) is 25.7. The molecule has 0 saturated heterocycles. The van der Waals surface area contributed by atoms with Crippen molar-refractivity contribution in [1.82, 2.24) is 29.9 Å². The van der Waals surface area contributed by atoms with Crippen LogP contribution in [-0.4, -0.2) is 29.9 Å². The Morgan fingerprint density at radius 2 is 0.647 bits per heavy atom. The molecular formula is C95H46F11Ir2N9Pt2-2. The van der Waals surface area contributed by atoms with Crippen LogP contribution in [0.2, 0.25) is 0 Å². The quantitative estimate of drug-likeness (QED) is 0.0978. The summed E-state index contributed by atoms with van der Waals surface area (Å²) in [6, 6.07) is 91.2. The average Bonchev–Trinajstić information content (AvgIpc) is 1.55. The van der Waals surface area contributed by atoms with Crippen molar-refractivity contribution in [2.75, 3.05) is 0 Å². The number of fused-ring (bicyclic) bond motifs is 6. The molecule has 0 unspecified atom stereocenters. The molecule has 16 aromatic rings. The van der Waals surface area contributed by atoms with Crippen LogP contribution in [0.4, 0.5) is 54.0 Å². The van der Waals surface area contributed by atoms with E-state index in [0.29, 0.717) is 39.7 Å². The first-order chi connectivity index (χ1) is 55.9. The van der Waals surface area contributed by atoms with Crippen LogP contribution in [0, 0.1) is 130 Å². The van der Waals surface area contributed by atoms with Crippen molar-refractivity contribution in [2.24, 2.45) is 0 Å². The van der Waals surface area contributed by atoms with E-state index in [2.05, 4.69) is 51.2 Å². The topological polar surface area (TPSA) is 129 Å². The first-order valence-corrected chi connectivity index (χ1v) is 34.9. The largest absolute Gasteiger partial charge is 2.00 e. The Bertz CT molecular complexity index is 6330. The van der Waals surface area contributed by atoms with Gasteiger partial charge in [0.2, 0.25) is 0 Å². The minimum Gasteiger partial charge on any atom is -0.305 e. The first-order valence-electron chi connectivity index (χ1n) is 34.9. The molecular weight excluding hydrogens is 2250 g/mol. The molecule has 0 N–H and O–H groups in total. The maximum atomic E-state index is 15.4. The number of nitrogens with zero attached hydrogens (tertiary/aromatic N) is 9. The third kappa shape index (κ3) is 16.8. The Kier molecular flexibility index (Phi) is 27.7. The van der Waals surface area contributed by atoms with E-state index in [1.807, 2.05) is 115 Å². The van der Waals surface area contributed by atoms with E-state index in [1.54, 1.807) is 109 Å². The maximum Gasteiger partial charge on any atom is 2.00 e. The molecule has 2 aliphatic rings. The zero-order valence-corrected chi connectivity index (χ0v) is 69.9. The third-order valence-corrected chi connectivity index (χ3v) is 19.2. The molecule has 0 atom stereocenters. The molecule has 18 rings (SSSR count). The second kappa shape index (κ2) is 37.8. The molecule has 0 aliphatic heterocycles. The molecule has 2 aliphatic carbocycles. The average molecular weight is 2300 g/mol. The Labute approximate surface area is 730 Å². The van der Waals surface area contributed by atoms with E-state index in [9.17, 15) is 44.8 Å². The summed E-state index contributed by atoms with van der Waals surface area (Å²) in [5.74, 6) is -9.08. The van der Waals surface area contributed by atoms with Crippen LogP contribution in [0.5, 0.6) is 0 Å². The summed E-state index contributed by atoms with van der Waals surface area (Å²) in [5.41, 5.74) is 7.67. The van der Waals surface area contributed by atoms with Gasteiger partial charge in [0, 0.05) is 110 Å². The van der Waals surface area contributed by atoms with Crippen LogP contribution >= 0.6 is 0 Å². The normalized spacial score (nSPS) is 11.7. The molecule has 0 amide bonds. The summed E-state index contributed by atoms with van der Waals surface area (Å²) in [7, 11) is 0. The van der Waals surface area contributed by atoms with E-state index in [0.717, 1.165) is 99.1 Å². The predicted octanol–water partition coefficient (Wildman–Crippen LogP) is 22.5. The van der Waals surface area contributed by atoms with Gasteiger partial charge in [-0.3, -0.25) is 73.1 Å². The van der Waals surface area contributed by atoms with Crippen molar-refractivity contribution in [3.63, 3.8) is 0 Å². The number of rotatable bonds is 10. The van der Waals surface area contributed by atoms with Crippen molar-refractivity contribution in [2.45, 2.75) is 10.8 Å². The monoisotopic (exact) mass is 2300 g/mol. The van der Waals surface area contributed by atoms with Crippen LogP contribution in [0.1, 0.15) is 56.2 Å². The molecule has 0 spiro atoms. The Hall–Kier alpha value is -12.5. The summed E-state index contributed by atoms with van der Waals surface area (Å²) in [6.07, 6.45) is 3.19. The van der Waals surface area contributed by atoms with Crippen LogP contribution in [0.25, 0.3) is 94.6 Å². The molecule has 119 heavy (non-hydrogen) atoms. The fraction of sp³-hybridized carbons (Fsp3) is 0.0211. The Morgan fingerprint density at radius 1 is 0.319 bits per heavy atom. The van der Waals surface area contributed by atoms with E-state index in [4.69, 9.17) is 31.8 Å². The van der Waals surface area contributed by atoms with Gasteiger partial charge in [0.15, 0.2) is 5.69 Å². The van der Waals surface area contributed by atoms with Crippen molar-refractivity contribution < 1.29 is 131 Å². The zero-order chi connectivity index (χ0) is 80.1. The standard InChI is InChI=1S/C37H16F4N4.C35H18F4N2.C12H6FN2.C11H6F2N.2Ir.2Pt/c1-43-36-29(39)19-17-24(35(36)41)31-13-7-15-33(45-31)37(26-10-4-2-8-21(26)22-9-3-5-11-27(22)37)32-14-6-12-30(44-32)23-16-18-28(38)25(20-42)34(23)40;36-21-15-17-25(29(38)19-21)31-11-5-13-33(40-31)35(27-9-3-1-7-23(27)24-8-2-4-10-28(24)35)34-14-6-12-32(41-34)26-18-16-22(37)20-30(26)39;13-11-5-4-9(7-10(11)8-14)12-3-1-2-6-15-12;12-8-4-5-9(10(13)7-8)11-3-1-2-6-14-11;;;;/h2-15,18-19H;1-16,19-20H;1-3,5-7H;1-4,6-7H;;;;/q2*-2;2*-1;;;2*+2. The smallest absolute Gasteiger partial charge is 0.305 e. The van der Waals surface area contributed by atoms with Gasteiger partial charge in [-0.25, -0.2) is 0 Å². The van der Waals surface area contributed by atoms with Crippen LogP contribution in [0.3, 0.4) is 0 Å². The van der Waals surface area contributed by atoms with Gasteiger partial charge in [0.1, 0.15) is 10.8 Å². The molecule has 24 heteroatoms. The molecule has 6 aromatic heterocycles. The molecule has 6 heterocycles. The summed E-state index contributed by atoms with van der Waals surface area (Å²) in [5, 5.41) is 18.0. The van der Waals surface area contributed by atoms with Gasteiger partial charge in [-0.15, -0.1) is 90.0 Å². The molecule has 0 fully saturated rings. The van der Waals surface area contributed by atoms with Gasteiger partial charge in [-0.2, -0.15) is 10.5 Å². The number of pyridine rings is 6. The zero-order valence-electron chi connectivity index (χ0n) is 60.5. The number of aromatic nitrogens is 6. The molecule has 588 valence electrons. The van der Waals surface area contributed by atoms with E-state index in [1.165, 1.54) is 12.1 Å². The van der Waals surface area contributed by atoms with E-state index < -0.39 is 86.1 Å². The third-order valence-electron chi connectivity index (χ3n) is 19.2. The van der Waals surface area contributed by atoms with Gasteiger partial charge < -0.3 is 9.97 Å². The fourth-order valence-corrected chi connectivity index (χ4v) is 14.2. The number of halogens is 11.